The SMILES string of the molecule is C[C@@H]1S[C@@H]2[C@H](CC(=O)/C(=N\O[C@@H](CC(=O)O)C(=O)O)c3csc(N)n3)C(=O)N2C(C(=O)O)=C1C[N+]1(CC[n+]2cc3cc(O)c(O)cc3o2)CCCC1. The molecule has 3 aliphatic heterocycles. The molecule has 52 heavy (non-hydrogen) atoms. The molecule has 0 radical (unpaired) electrons. The molecule has 1 aromatic carbocycles. The number of nitrogen functional groups attached to an aromatic ring is 1. The molecule has 0 unspecified atom stereocenters. The number of β-lactam (4-membered cyclic amide) rings is 1. The number of oxime groups is 1. The van der Waals surface area contributed by atoms with E-state index in [-0.39, 0.29) is 33.3 Å². The molecule has 0 bridgehead atoms. The Kier molecular flexibility index (Phi) is 10.1. The van der Waals surface area contributed by atoms with Gasteiger partial charge >= 0.3 is 17.9 Å². The predicted octanol–water partition coefficient (Wildman–Crippen LogP) is 1.35. The highest BCUT2D eigenvalue weighted by Gasteiger charge is 2.56. The number of phenolic OH excluding ortho intramolecular Hbond substituents is 2. The van der Waals surface area contributed by atoms with Crippen molar-refractivity contribution < 1.29 is 68.1 Å². The summed E-state index contributed by atoms with van der Waals surface area (Å²) in [5, 5.41) is 53.3. The number of carbonyl (C=O) groups excluding carboxylic acids is 2. The number of nitrogens with zero attached hydrogens (tertiary/aromatic N) is 5. The Morgan fingerprint density at radius 3 is 2.52 bits per heavy atom. The number of thioether (sulfide) groups is 1. The van der Waals surface area contributed by atoms with Crippen molar-refractivity contribution in [2.45, 2.75) is 55.9 Å². The van der Waals surface area contributed by atoms with Crippen LogP contribution in [-0.4, -0.2) is 118 Å². The van der Waals surface area contributed by atoms with Gasteiger partial charge in [-0.3, -0.25) is 19.3 Å². The molecular formula is C32H36N6O12S2+2. The van der Waals surface area contributed by atoms with E-state index in [1.165, 1.54) is 34.2 Å². The van der Waals surface area contributed by atoms with E-state index in [9.17, 15) is 44.4 Å². The predicted molar refractivity (Wildman–Crippen MR) is 182 cm³/mol. The van der Waals surface area contributed by atoms with Crippen LogP contribution in [0.5, 0.6) is 11.5 Å². The zero-order valence-electron chi connectivity index (χ0n) is 27.7. The van der Waals surface area contributed by atoms with Crippen LogP contribution in [0, 0.1) is 5.92 Å². The first kappa shape index (κ1) is 36.6. The first-order valence-electron chi connectivity index (χ1n) is 16.2. The molecule has 0 aliphatic carbocycles. The number of aromatic nitrogens is 2. The van der Waals surface area contributed by atoms with Crippen LogP contribution < -0.4 is 10.5 Å². The van der Waals surface area contributed by atoms with Crippen LogP contribution in [0.25, 0.3) is 11.0 Å². The number of quaternary nitrogens is 1. The molecule has 3 aliphatic rings. The summed E-state index contributed by atoms with van der Waals surface area (Å²) in [7, 11) is 0. The second-order valence-electron chi connectivity index (χ2n) is 12.9. The van der Waals surface area contributed by atoms with Crippen LogP contribution in [0.1, 0.15) is 38.3 Å². The van der Waals surface area contributed by atoms with E-state index >= 15 is 0 Å². The van der Waals surface area contributed by atoms with Gasteiger partial charge in [0.05, 0.1) is 36.2 Å². The number of anilines is 1. The van der Waals surface area contributed by atoms with Gasteiger partial charge in [0.15, 0.2) is 28.1 Å². The van der Waals surface area contributed by atoms with Crippen molar-refractivity contribution in [2.75, 3.05) is 31.9 Å². The van der Waals surface area contributed by atoms with Crippen LogP contribution in [0.4, 0.5) is 5.13 Å². The number of thiazole rings is 1. The molecule has 276 valence electrons. The number of carboxylic acid groups (broad SMARTS) is 3. The molecule has 18 nitrogen and oxygen atoms in total. The largest absolute Gasteiger partial charge is 0.504 e. The summed E-state index contributed by atoms with van der Waals surface area (Å²) in [6.07, 6.45) is 0.314. The average molecular weight is 761 g/mol. The normalized spacial score (nSPS) is 21.9. The van der Waals surface area contributed by atoms with Crippen molar-refractivity contribution in [1.29, 1.82) is 0 Å². The summed E-state index contributed by atoms with van der Waals surface area (Å²) >= 11 is 2.33. The number of benzene rings is 1. The number of amides is 1. The summed E-state index contributed by atoms with van der Waals surface area (Å²) in [6, 6.07) is 2.74. The summed E-state index contributed by atoms with van der Waals surface area (Å²) < 4.78 is 8.01. The number of hydrogen-bond donors (Lipinski definition) is 6. The van der Waals surface area contributed by atoms with Crippen molar-refractivity contribution in [3.05, 3.63) is 40.7 Å². The Morgan fingerprint density at radius 2 is 1.88 bits per heavy atom. The quantitative estimate of drug-likeness (QED) is 0.0319. The maximum atomic E-state index is 13.7. The molecule has 6 rings (SSSR count). The Labute approximate surface area is 302 Å². The molecular weight excluding hydrogens is 725 g/mol. The average Bonchev–Trinajstić information content (AvgIpc) is 3.83. The fraction of sp³-hybridized carbons (Fsp3) is 0.438. The van der Waals surface area contributed by atoms with E-state index in [2.05, 4.69) is 10.1 Å². The van der Waals surface area contributed by atoms with Crippen molar-refractivity contribution in [3.8, 4) is 11.5 Å². The molecule has 20 heteroatoms. The number of aliphatic carboxylic acids is 3. The zero-order chi connectivity index (χ0) is 37.5. The summed E-state index contributed by atoms with van der Waals surface area (Å²) in [4.78, 5) is 72.9. The fourth-order valence-corrected chi connectivity index (χ4v) is 8.93. The van der Waals surface area contributed by atoms with Crippen molar-refractivity contribution >= 4 is 74.5 Å². The molecule has 7 N–H and O–H groups in total. The van der Waals surface area contributed by atoms with Crippen molar-refractivity contribution in [3.63, 3.8) is 0 Å². The standard InChI is InChI=1S/C32H34N6O12S2/c1-15-18(13-38(5-2-3-6-38)7-4-36-12-16-8-20(39)21(40)10-23(16)50-36)27(31(47)48)37-28(44)17(29(37)52-15)9-22(41)26(19-14-51-32(33)34-19)35-49-24(30(45)46)11-25(42)43/h8,10,12,14-15,17,24,29H,2-7,9,11,13H2,1H3,(H5-,33,34,39,42,43,45,46,47,48)/p+2/b35-26-/t15-,17+,24-,29+/m0/s1. The van der Waals surface area contributed by atoms with Gasteiger partial charge in [-0.15, -0.1) is 23.1 Å². The number of hydrogen-bond acceptors (Lipinski definition) is 14. The third-order valence-corrected chi connectivity index (χ3v) is 11.7. The minimum absolute atomic E-state index is 0.0506. The summed E-state index contributed by atoms with van der Waals surface area (Å²) in [5.41, 5.74) is 6.12. The van der Waals surface area contributed by atoms with Gasteiger partial charge in [-0.1, -0.05) is 5.16 Å². The van der Waals surface area contributed by atoms with E-state index in [4.69, 9.17) is 20.2 Å². The minimum Gasteiger partial charge on any atom is -0.504 e. The summed E-state index contributed by atoms with van der Waals surface area (Å²) in [6.45, 7) is 4.83. The molecule has 2 fully saturated rings. The van der Waals surface area contributed by atoms with Gasteiger partial charge in [-0.05, 0) is 11.7 Å². The number of nitrogens with two attached hydrogens (primary N) is 1. The highest BCUT2D eigenvalue weighted by molar-refractivity contribution is 8.00. The number of phenols is 2. The van der Waals surface area contributed by atoms with E-state index < -0.39 is 65.5 Å². The first-order chi connectivity index (χ1) is 24.7. The lowest BCUT2D eigenvalue weighted by molar-refractivity contribution is -0.951. The number of Topliss-reactive ketones (excluding diaryl/α,β-unsaturated/α-hetero) is 1. The molecule has 2 aromatic heterocycles. The third kappa shape index (κ3) is 7.26. The lowest BCUT2D eigenvalue weighted by Crippen LogP contribution is -2.63. The molecule has 1 amide bonds. The molecule has 5 heterocycles. The van der Waals surface area contributed by atoms with Gasteiger partial charge in [-0.25, -0.2) is 19.1 Å². The van der Waals surface area contributed by atoms with Crippen LogP contribution >= 0.6 is 23.1 Å². The Bertz CT molecular complexity index is 1980. The number of likely N-dealkylation sites (tertiary alicyclic amines) is 1. The van der Waals surface area contributed by atoms with Gasteiger partial charge in [0, 0.05) is 47.6 Å². The number of rotatable bonds is 15. The van der Waals surface area contributed by atoms with Crippen molar-refractivity contribution in [1.82, 2.24) is 9.88 Å². The molecule has 4 atom stereocenters. The van der Waals surface area contributed by atoms with E-state index in [0.717, 1.165) is 37.3 Å². The van der Waals surface area contributed by atoms with E-state index in [1.54, 1.807) is 10.9 Å². The lowest BCUT2D eigenvalue weighted by Gasteiger charge is -2.51. The third-order valence-electron chi connectivity index (χ3n) is 9.50. The highest BCUT2D eigenvalue weighted by atomic mass is 32.2. The van der Waals surface area contributed by atoms with E-state index in [1.807, 2.05) is 6.92 Å². The number of ketones is 1. The Hall–Kier alpha value is -5.21. The maximum Gasteiger partial charge on any atom is 0.352 e. The van der Waals surface area contributed by atoms with Gasteiger partial charge in [0.2, 0.25) is 30.3 Å². The van der Waals surface area contributed by atoms with Crippen LogP contribution in [0.2, 0.25) is 0 Å². The second-order valence-corrected chi connectivity index (χ2v) is 15.3. The number of fused-ring (bicyclic) bond motifs is 2. The maximum absolute atomic E-state index is 13.7. The van der Waals surface area contributed by atoms with Crippen LogP contribution in [0.15, 0.2) is 44.7 Å². The van der Waals surface area contributed by atoms with Gasteiger partial charge in [0.25, 0.3) is 0 Å². The minimum atomic E-state index is -1.91. The molecule has 3 aromatic rings. The topological polar surface area (TPSA) is 267 Å². The van der Waals surface area contributed by atoms with Gasteiger partial charge in [-0.2, -0.15) is 0 Å². The van der Waals surface area contributed by atoms with E-state index in [0.29, 0.717) is 40.7 Å². The van der Waals surface area contributed by atoms with Crippen LogP contribution in [-0.2, 0) is 35.4 Å². The monoisotopic (exact) mass is 760 g/mol. The lowest BCUT2D eigenvalue weighted by atomic mass is 9.88. The van der Waals surface area contributed by atoms with Crippen molar-refractivity contribution in [2.24, 2.45) is 11.1 Å². The number of aromatic hydroxyl groups is 2. The Morgan fingerprint density at radius 1 is 1.17 bits per heavy atom. The first-order valence-corrected chi connectivity index (χ1v) is 18.1. The van der Waals surface area contributed by atoms with Crippen LogP contribution in [0.3, 0.4) is 0 Å². The second kappa shape index (κ2) is 14.4. The highest BCUT2D eigenvalue weighted by Crippen LogP contribution is 2.49. The smallest absolute Gasteiger partial charge is 0.352 e. The zero-order valence-corrected chi connectivity index (χ0v) is 29.3. The van der Waals surface area contributed by atoms with Gasteiger partial charge in [0.1, 0.15) is 24.5 Å². The Balaban J connectivity index is 1.21. The molecule has 0 saturated carbocycles. The molecule has 2 saturated heterocycles. The summed E-state index contributed by atoms with van der Waals surface area (Å²) in [5.74, 6) is -7.18. The fourth-order valence-electron chi connectivity index (χ4n) is 6.88. The molecule has 0 spiro atoms. The number of carbonyl (C=O) groups is 5. The number of carboxylic acids is 3. The van der Waals surface area contributed by atoms with Gasteiger partial charge < -0.3 is 40.6 Å².